The van der Waals surface area contributed by atoms with Crippen molar-refractivity contribution in [2.45, 2.75) is 26.1 Å². The second kappa shape index (κ2) is 11.8. The number of allylic oxidation sites excluding steroid dienone is 1. The molecule has 0 aliphatic carbocycles. The van der Waals surface area contributed by atoms with Crippen molar-refractivity contribution in [3.63, 3.8) is 0 Å². The van der Waals surface area contributed by atoms with Gasteiger partial charge in [0.05, 0.1) is 31.5 Å². The summed E-state index contributed by atoms with van der Waals surface area (Å²) in [6, 6.07) is 9.79. The predicted molar refractivity (Wildman–Crippen MR) is 125 cm³/mol. The minimum atomic E-state index is -1.19. The maximum Gasteiger partial charge on any atom is 0.337 e. The number of ether oxygens (including phenoxy) is 3. The van der Waals surface area contributed by atoms with Crippen molar-refractivity contribution in [2.75, 3.05) is 20.3 Å². The first-order valence-electron chi connectivity index (χ1n) is 10.8. The third-order valence-electron chi connectivity index (χ3n) is 5.00. The van der Waals surface area contributed by atoms with Crippen molar-refractivity contribution >= 4 is 18.2 Å². The zero-order valence-electron chi connectivity index (χ0n) is 19.5. The number of nitrogens with zero attached hydrogens (tertiary/aromatic N) is 1. The molecule has 3 rings (SSSR count). The van der Waals surface area contributed by atoms with Gasteiger partial charge in [0.15, 0.2) is 17.7 Å². The van der Waals surface area contributed by atoms with E-state index in [0.29, 0.717) is 29.4 Å². The molecule has 2 aromatic carbocycles. The number of hydrogen-bond acceptors (Lipinski definition) is 8. The summed E-state index contributed by atoms with van der Waals surface area (Å²) >= 11 is 0. The fraction of sp³-hybridized carbons (Fsp3) is 0.292. The van der Waals surface area contributed by atoms with Gasteiger partial charge in [-0.2, -0.15) is 5.10 Å². The number of nitrogens with one attached hydrogen (secondary N) is 3. The molecule has 2 amide bonds. The molecule has 0 spiro atoms. The number of hydrogen-bond donors (Lipinski definition) is 4. The second-order valence-corrected chi connectivity index (χ2v) is 7.44. The number of aliphatic hydroxyl groups is 1. The van der Waals surface area contributed by atoms with Crippen molar-refractivity contribution in [1.29, 1.82) is 0 Å². The van der Waals surface area contributed by atoms with Gasteiger partial charge in [0.25, 0.3) is 0 Å². The standard InChI is InChI=1S/C24H27FN4O6/c1-4-34-19-11-15(22-21(23(31)33-3)14(2)27-24(32)28-22)9-10-18(19)35-13-20(30)29-26-12-16-7-5-6-8-17(16)25/h5-12,20,22,29-30H,4,13H2,1-3H3,(H2,27,28,32)/b26-12-/t20-,22+/m1/s1. The molecular formula is C24H27FN4O6. The van der Waals surface area contributed by atoms with E-state index in [-0.39, 0.29) is 17.7 Å². The fourth-order valence-electron chi connectivity index (χ4n) is 3.39. The highest BCUT2D eigenvalue weighted by molar-refractivity contribution is 5.95. The Morgan fingerprint density at radius 1 is 1.26 bits per heavy atom. The van der Waals surface area contributed by atoms with Crippen molar-refractivity contribution in [3.05, 3.63) is 70.7 Å². The summed E-state index contributed by atoms with van der Waals surface area (Å²) in [5.74, 6) is -0.337. The lowest BCUT2D eigenvalue weighted by Gasteiger charge is -2.28. The first-order chi connectivity index (χ1) is 16.8. The fourth-order valence-corrected chi connectivity index (χ4v) is 3.39. The van der Waals surface area contributed by atoms with E-state index < -0.39 is 30.1 Å². The molecule has 0 saturated heterocycles. The zero-order chi connectivity index (χ0) is 25.4. The van der Waals surface area contributed by atoms with Crippen LogP contribution in [0.5, 0.6) is 11.5 Å². The second-order valence-electron chi connectivity index (χ2n) is 7.44. The highest BCUT2D eigenvalue weighted by Gasteiger charge is 2.32. The zero-order valence-corrected chi connectivity index (χ0v) is 19.5. The van der Waals surface area contributed by atoms with E-state index in [0.717, 1.165) is 0 Å². The number of amides is 2. The number of halogens is 1. The van der Waals surface area contributed by atoms with Crippen LogP contribution in [-0.2, 0) is 9.53 Å². The lowest BCUT2D eigenvalue weighted by molar-refractivity contribution is -0.136. The average molecular weight is 487 g/mol. The van der Waals surface area contributed by atoms with Gasteiger partial charge in [0, 0.05) is 11.3 Å². The molecular weight excluding hydrogens is 459 g/mol. The molecule has 4 N–H and O–H groups in total. The van der Waals surface area contributed by atoms with E-state index in [4.69, 9.17) is 14.2 Å². The number of carbonyl (C=O) groups excluding carboxylic acids is 2. The summed E-state index contributed by atoms with van der Waals surface area (Å²) in [4.78, 5) is 24.4. The number of urea groups is 1. The number of rotatable bonds is 10. The van der Waals surface area contributed by atoms with Gasteiger partial charge in [-0.3, -0.25) is 5.43 Å². The minimum Gasteiger partial charge on any atom is -0.490 e. The third kappa shape index (κ3) is 6.48. The van der Waals surface area contributed by atoms with Crippen molar-refractivity contribution in [3.8, 4) is 11.5 Å². The third-order valence-corrected chi connectivity index (χ3v) is 5.00. The molecule has 0 aromatic heterocycles. The molecule has 10 nitrogen and oxygen atoms in total. The SMILES string of the molecule is CCOc1cc([C@@H]2NC(=O)NC(C)=C2C(=O)OC)ccc1OC[C@@H](O)N/N=C\c1ccccc1F. The number of aliphatic hydroxyl groups excluding tert-OH is 1. The van der Waals surface area contributed by atoms with Crippen LogP contribution in [0.25, 0.3) is 0 Å². The van der Waals surface area contributed by atoms with Gasteiger partial charge in [-0.05, 0) is 37.6 Å². The average Bonchev–Trinajstić information content (AvgIpc) is 2.83. The lowest BCUT2D eigenvalue weighted by Crippen LogP contribution is -2.45. The molecule has 1 aliphatic heterocycles. The molecule has 0 bridgehead atoms. The van der Waals surface area contributed by atoms with Gasteiger partial charge in [-0.15, -0.1) is 0 Å². The Kier molecular flexibility index (Phi) is 8.63. The van der Waals surface area contributed by atoms with Gasteiger partial charge in [-0.25, -0.2) is 14.0 Å². The topological polar surface area (TPSA) is 131 Å². The quantitative estimate of drug-likeness (QED) is 0.176. The Morgan fingerprint density at radius 2 is 2.03 bits per heavy atom. The molecule has 1 aliphatic rings. The highest BCUT2D eigenvalue weighted by atomic mass is 19.1. The predicted octanol–water partition coefficient (Wildman–Crippen LogP) is 2.35. The van der Waals surface area contributed by atoms with Crippen LogP contribution >= 0.6 is 0 Å². The number of esters is 1. The van der Waals surface area contributed by atoms with E-state index in [2.05, 4.69) is 21.2 Å². The maximum absolute atomic E-state index is 13.6. The Hall–Kier alpha value is -4.12. The molecule has 1 heterocycles. The van der Waals surface area contributed by atoms with Crippen LogP contribution < -0.4 is 25.5 Å². The van der Waals surface area contributed by atoms with Crippen LogP contribution in [0.1, 0.15) is 31.0 Å². The first kappa shape index (κ1) is 25.5. The van der Waals surface area contributed by atoms with E-state index in [1.165, 1.54) is 19.4 Å². The Morgan fingerprint density at radius 3 is 2.74 bits per heavy atom. The Bertz CT molecular complexity index is 1140. The Labute approximate surface area is 201 Å². The normalized spacial score (nSPS) is 16.4. The number of benzene rings is 2. The van der Waals surface area contributed by atoms with Gasteiger partial charge >= 0.3 is 12.0 Å². The van der Waals surface area contributed by atoms with Crippen LogP contribution in [0.2, 0.25) is 0 Å². The molecule has 0 fully saturated rings. The van der Waals surface area contributed by atoms with E-state index in [1.54, 1.807) is 50.2 Å². The highest BCUT2D eigenvalue weighted by Crippen LogP contribution is 2.34. The van der Waals surface area contributed by atoms with Crippen LogP contribution in [0, 0.1) is 5.82 Å². The molecule has 0 saturated carbocycles. The molecule has 2 aromatic rings. The van der Waals surface area contributed by atoms with Crippen LogP contribution in [0.3, 0.4) is 0 Å². The lowest BCUT2D eigenvalue weighted by atomic mass is 9.95. The summed E-state index contributed by atoms with van der Waals surface area (Å²) in [6.45, 7) is 3.54. The Balaban J connectivity index is 1.72. The molecule has 0 unspecified atom stereocenters. The van der Waals surface area contributed by atoms with Crippen molar-refractivity contribution in [1.82, 2.24) is 16.1 Å². The monoisotopic (exact) mass is 486 g/mol. The van der Waals surface area contributed by atoms with E-state index in [9.17, 15) is 19.1 Å². The van der Waals surface area contributed by atoms with E-state index in [1.807, 2.05) is 0 Å². The molecule has 186 valence electrons. The summed E-state index contributed by atoms with van der Waals surface area (Å²) in [6.07, 6.45) is 0.0631. The van der Waals surface area contributed by atoms with Gasteiger partial charge in [-0.1, -0.05) is 24.3 Å². The first-order valence-corrected chi connectivity index (χ1v) is 10.8. The van der Waals surface area contributed by atoms with Crippen molar-refractivity contribution < 1.29 is 33.3 Å². The van der Waals surface area contributed by atoms with Crippen LogP contribution in [0.4, 0.5) is 9.18 Å². The summed E-state index contributed by atoms with van der Waals surface area (Å²) < 4.78 is 29.8. The van der Waals surface area contributed by atoms with Crippen LogP contribution in [0.15, 0.2) is 58.8 Å². The number of hydrazone groups is 1. The maximum atomic E-state index is 13.6. The number of methoxy groups -OCH3 is 1. The van der Waals surface area contributed by atoms with Crippen molar-refractivity contribution in [2.24, 2.45) is 5.10 Å². The number of carbonyl (C=O) groups is 2. The summed E-state index contributed by atoms with van der Waals surface area (Å²) in [5, 5.41) is 19.2. The van der Waals surface area contributed by atoms with Gasteiger partial charge in [0.2, 0.25) is 0 Å². The summed E-state index contributed by atoms with van der Waals surface area (Å²) in [7, 11) is 1.26. The van der Waals surface area contributed by atoms with Gasteiger partial charge < -0.3 is 30.0 Å². The minimum absolute atomic E-state index is 0.190. The molecule has 0 radical (unpaired) electrons. The van der Waals surface area contributed by atoms with E-state index >= 15 is 0 Å². The molecule has 2 atom stereocenters. The molecule has 11 heteroatoms. The molecule has 35 heavy (non-hydrogen) atoms. The van der Waals surface area contributed by atoms with Gasteiger partial charge in [0.1, 0.15) is 12.4 Å². The largest absolute Gasteiger partial charge is 0.490 e. The summed E-state index contributed by atoms with van der Waals surface area (Å²) in [5.41, 5.74) is 3.94. The van der Waals surface area contributed by atoms with Crippen LogP contribution in [-0.4, -0.2) is 49.9 Å². The smallest absolute Gasteiger partial charge is 0.337 e.